The minimum Gasteiger partial charge on any atom is -0.477 e. The van der Waals surface area contributed by atoms with Crippen LogP contribution in [0, 0.1) is 12.8 Å². The van der Waals surface area contributed by atoms with E-state index >= 15 is 0 Å². The van der Waals surface area contributed by atoms with Gasteiger partial charge in [0, 0.05) is 62.1 Å². The Morgan fingerprint density at radius 3 is 2.70 bits per heavy atom. The number of anilines is 3. The van der Waals surface area contributed by atoms with E-state index in [0.29, 0.717) is 67.2 Å². The highest BCUT2D eigenvalue weighted by atomic mass is 16.5. The molecule has 3 saturated heterocycles. The van der Waals surface area contributed by atoms with Crippen molar-refractivity contribution in [3.05, 3.63) is 17.8 Å². The van der Waals surface area contributed by atoms with Crippen molar-refractivity contribution in [2.24, 2.45) is 5.92 Å². The molecule has 37 heavy (non-hydrogen) atoms. The summed E-state index contributed by atoms with van der Waals surface area (Å²) >= 11 is 0. The Morgan fingerprint density at radius 1 is 1.22 bits per heavy atom. The lowest BCUT2D eigenvalue weighted by Gasteiger charge is -2.50. The molecule has 11 nitrogen and oxygen atoms in total. The third-order valence-electron chi connectivity index (χ3n) is 7.81. The Labute approximate surface area is 218 Å². The molecular weight excluding hydrogens is 472 g/mol. The number of ether oxygens (including phenoxy) is 2. The van der Waals surface area contributed by atoms with Gasteiger partial charge in [-0.2, -0.15) is 15.1 Å². The summed E-state index contributed by atoms with van der Waals surface area (Å²) in [6.45, 7) is 7.18. The lowest BCUT2D eigenvalue weighted by atomic mass is 9.81. The van der Waals surface area contributed by atoms with E-state index in [1.54, 1.807) is 0 Å². The van der Waals surface area contributed by atoms with Crippen LogP contribution in [0.3, 0.4) is 0 Å². The summed E-state index contributed by atoms with van der Waals surface area (Å²) in [5.74, 6) is 3.04. The molecule has 3 N–H and O–H groups in total. The van der Waals surface area contributed by atoms with E-state index in [0.717, 1.165) is 51.0 Å². The number of nitrogens with zero attached hydrogens (tertiary/aromatic N) is 5. The Balaban J connectivity index is 1.32. The summed E-state index contributed by atoms with van der Waals surface area (Å²) in [5, 5.41) is 13.5. The first-order valence-corrected chi connectivity index (χ1v) is 13.6. The summed E-state index contributed by atoms with van der Waals surface area (Å²) in [6.07, 6.45) is 6.45. The van der Waals surface area contributed by atoms with Gasteiger partial charge in [-0.15, -0.1) is 0 Å². The zero-order valence-corrected chi connectivity index (χ0v) is 22.2. The number of hydrogen-bond acceptors (Lipinski definition) is 9. The van der Waals surface area contributed by atoms with Crippen LogP contribution in [0.25, 0.3) is 0 Å². The minimum atomic E-state index is 0.122. The fraction of sp³-hybridized carbons (Fsp3) is 0.692. The number of aromatic nitrogens is 4. The van der Waals surface area contributed by atoms with Crippen molar-refractivity contribution in [2.75, 3.05) is 50.2 Å². The highest BCUT2D eigenvalue weighted by Gasteiger charge is 2.40. The molecule has 202 valence electrons. The van der Waals surface area contributed by atoms with Gasteiger partial charge in [-0.05, 0) is 46.0 Å². The maximum atomic E-state index is 12.3. The normalized spacial score (nSPS) is 25.6. The molecule has 0 saturated carbocycles. The van der Waals surface area contributed by atoms with E-state index in [4.69, 9.17) is 19.4 Å². The third-order valence-corrected chi connectivity index (χ3v) is 7.81. The number of carbonyl (C=O) groups excluding carboxylic acids is 1. The molecule has 2 bridgehead atoms. The molecule has 0 radical (unpaired) electrons. The minimum absolute atomic E-state index is 0.122. The maximum absolute atomic E-state index is 12.3. The molecule has 0 spiro atoms. The summed E-state index contributed by atoms with van der Waals surface area (Å²) in [5.41, 5.74) is 0.970. The van der Waals surface area contributed by atoms with E-state index in [-0.39, 0.29) is 5.91 Å². The van der Waals surface area contributed by atoms with Gasteiger partial charge in [-0.3, -0.25) is 14.8 Å². The molecule has 1 amide bonds. The van der Waals surface area contributed by atoms with Gasteiger partial charge in [0.1, 0.15) is 5.82 Å². The lowest BCUT2D eigenvalue weighted by Crippen LogP contribution is -2.58. The van der Waals surface area contributed by atoms with E-state index in [1.807, 2.05) is 26.0 Å². The van der Waals surface area contributed by atoms with E-state index in [9.17, 15) is 4.79 Å². The molecule has 2 aromatic heterocycles. The number of aromatic amines is 1. The average molecular weight is 513 g/mol. The van der Waals surface area contributed by atoms with Crippen LogP contribution in [0.4, 0.5) is 17.6 Å². The van der Waals surface area contributed by atoms with Crippen LogP contribution >= 0.6 is 0 Å². The van der Waals surface area contributed by atoms with Gasteiger partial charge in [0.2, 0.25) is 17.7 Å². The fourth-order valence-electron chi connectivity index (χ4n) is 5.85. The molecule has 11 heteroatoms. The molecule has 4 atom stereocenters. The summed E-state index contributed by atoms with van der Waals surface area (Å²) in [6, 6.07) is 4.86. The second-order valence-electron chi connectivity index (χ2n) is 10.6. The summed E-state index contributed by atoms with van der Waals surface area (Å²) < 4.78 is 11.6. The van der Waals surface area contributed by atoms with Crippen molar-refractivity contribution >= 4 is 23.5 Å². The molecular formula is C26H40N8O3. The highest BCUT2D eigenvalue weighted by Crippen LogP contribution is 2.36. The number of rotatable bonds is 10. The molecule has 0 aliphatic carbocycles. The van der Waals surface area contributed by atoms with Crippen molar-refractivity contribution in [3.8, 4) is 5.88 Å². The van der Waals surface area contributed by atoms with E-state index < -0.39 is 0 Å². The Bertz CT molecular complexity index is 1040. The molecule has 2 aromatic rings. The molecule has 3 fully saturated rings. The van der Waals surface area contributed by atoms with Crippen molar-refractivity contribution in [1.82, 2.24) is 30.4 Å². The van der Waals surface area contributed by atoms with E-state index in [2.05, 4.69) is 37.7 Å². The number of aryl methyl sites for hydroxylation is 1. The van der Waals surface area contributed by atoms with Crippen LogP contribution < -0.4 is 20.3 Å². The average Bonchev–Trinajstić information content (AvgIpc) is 3.54. The first-order valence-electron chi connectivity index (χ1n) is 13.6. The number of amides is 1. The summed E-state index contributed by atoms with van der Waals surface area (Å²) in [7, 11) is 2.08. The number of nitrogens with one attached hydrogen (secondary N) is 3. The Kier molecular flexibility index (Phi) is 8.09. The van der Waals surface area contributed by atoms with Crippen LogP contribution in [-0.4, -0.2) is 89.1 Å². The zero-order chi connectivity index (χ0) is 25.8. The zero-order valence-electron chi connectivity index (χ0n) is 22.2. The fourth-order valence-corrected chi connectivity index (χ4v) is 5.85. The Morgan fingerprint density at radius 2 is 2.03 bits per heavy atom. The SMILES string of the molecule is CCNC(=O)CN1[C@@H]2CCC[C@H]1CC(N(C)c1nc(Nc3cc(C)[nH]n3)cc(OC[C@H]3CCOC3)n1)C2. The predicted octanol–water partition coefficient (Wildman–Crippen LogP) is 2.62. The largest absolute Gasteiger partial charge is 0.477 e. The third kappa shape index (κ3) is 6.32. The quantitative estimate of drug-likeness (QED) is 0.441. The molecule has 3 aliphatic rings. The first kappa shape index (κ1) is 25.7. The van der Waals surface area contributed by atoms with E-state index in [1.165, 1.54) is 6.42 Å². The molecule has 3 aliphatic heterocycles. The second-order valence-corrected chi connectivity index (χ2v) is 10.6. The number of hydrogen-bond donors (Lipinski definition) is 3. The van der Waals surface area contributed by atoms with Gasteiger partial charge in [-0.25, -0.2) is 0 Å². The maximum Gasteiger partial charge on any atom is 0.234 e. The van der Waals surface area contributed by atoms with Crippen LogP contribution in [0.5, 0.6) is 5.88 Å². The van der Waals surface area contributed by atoms with Crippen LogP contribution in [0.2, 0.25) is 0 Å². The van der Waals surface area contributed by atoms with Crippen LogP contribution in [0.1, 0.15) is 51.1 Å². The first-order chi connectivity index (χ1) is 18.0. The number of fused-ring (bicyclic) bond motifs is 2. The topological polar surface area (TPSA) is 121 Å². The Hall–Kier alpha value is -2.92. The smallest absolute Gasteiger partial charge is 0.234 e. The highest BCUT2D eigenvalue weighted by molar-refractivity contribution is 5.78. The second kappa shape index (κ2) is 11.6. The van der Waals surface area contributed by atoms with Crippen LogP contribution in [-0.2, 0) is 9.53 Å². The van der Waals surface area contributed by atoms with Crippen molar-refractivity contribution in [2.45, 2.75) is 70.5 Å². The molecule has 5 heterocycles. The number of H-pyrrole nitrogens is 1. The van der Waals surface area contributed by atoms with Gasteiger partial charge < -0.3 is 25.0 Å². The molecule has 5 rings (SSSR count). The van der Waals surface area contributed by atoms with Crippen molar-refractivity contribution in [3.63, 3.8) is 0 Å². The number of carbonyl (C=O) groups is 1. The van der Waals surface area contributed by atoms with Crippen molar-refractivity contribution < 1.29 is 14.3 Å². The lowest BCUT2D eigenvalue weighted by molar-refractivity contribution is -0.125. The van der Waals surface area contributed by atoms with Crippen molar-refractivity contribution in [1.29, 1.82) is 0 Å². The van der Waals surface area contributed by atoms with Gasteiger partial charge in [-0.1, -0.05) is 6.42 Å². The van der Waals surface area contributed by atoms with Gasteiger partial charge >= 0.3 is 0 Å². The predicted molar refractivity (Wildman–Crippen MR) is 141 cm³/mol. The number of likely N-dealkylation sites (N-methyl/N-ethyl adjacent to an activating group) is 1. The van der Waals surface area contributed by atoms with Crippen LogP contribution in [0.15, 0.2) is 12.1 Å². The molecule has 0 aromatic carbocycles. The van der Waals surface area contributed by atoms with Gasteiger partial charge in [0.15, 0.2) is 5.82 Å². The summed E-state index contributed by atoms with van der Waals surface area (Å²) in [4.78, 5) is 26.6. The standard InChI is InChI=1S/C26H40N8O3/c1-4-27-24(35)14-34-19-6-5-7-20(34)12-21(11-19)33(3)26-29-22(28-23-10-17(2)31-32-23)13-25(30-26)37-16-18-8-9-36-15-18/h10,13,18-21H,4-9,11-12,14-16H2,1-3H3,(H,27,35)(H2,28,29,30,31,32)/t18-,19-,20+,21?/m0/s1. The monoisotopic (exact) mass is 512 g/mol. The van der Waals surface area contributed by atoms with Gasteiger partial charge in [0.05, 0.1) is 19.8 Å². The van der Waals surface area contributed by atoms with Gasteiger partial charge in [0.25, 0.3) is 0 Å². The molecule has 1 unspecified atom stereocenters. The number of piperidine rings is 2.